The third-order valence-corrected chi connectivity index (χ3v) is 5.48. The summed E-state index contributed by atoms with van der Waals surface area (Å²) in [4.78, 5) is 0. The molecule has 0 saturated heterocycles. The van der Waals surface area contributed by atoms with Crippen LogP contribution in [0.1, 0.15) is 0 Å². The van der Waals surface area contributed by atoms with Gasteiger partial charge in [-0.15, -0.1) is 0 Å². The Morgan fingerprint density at radius 2 is 0.885 bits per heavy atom. The molecule has 0 N–H and O–H groups in total. The molecule has 26 heavy (non-hydrogen) atoms. The van der Waals surface area contributed by atoms with Gasteiger partial charge in [0.05, 0.1) is 10.8 Å². The van der Waals surface area contributed by atoms with Gasteiger partial charge in [0.1, 0.15) is 0 Å². The van der Waals surface area contributed by atoms with E-state index < -0.39 is 0 Å². The lowest BCUT2D eigenvalue weighted by molar-refractivity contribution is -0.509. The molecule has 0 amide bonds. The Bertz CT molecular complexity index is 1360. The molecule has 0 bridgehead atoms. The van der Waals surface area contributed by atoms with Gasteiger partial charge in [-0.05, 0) is 32.3 Å². The minimum atomic E-state index is 1.28. The molecule has 0 aliphatic carbocycles. The summed E-state index contributed by atoms with van der Waals surface area (Å²) in [7, 11) is 0. The van der Waals surface area contributed by atoms with Gasteiger partial charge in [0.15, 0.2) is 12.4 Å². The standard InChI is InChI=1S/C25H16N/c1-3-7-21-17(5-1)9-11-19-13-15-26-16-14-20-12-10-18-6-2-4-8-22(18)24(20)25(26)23(19)21/h1-16H/q+1. The molecule has 6 aromatic rings. The zero-order valence-electron chi connectivity index (χ0n) is 14.2. The average molecular weight is 330 g/mol. The summed E-state index contributed by atoms with van der Waals surface area (Å²) in [6.07, 6.45) is 4.35. The van der Waals surface area contributed by atoms with Gasteiger partial charge in [-0.1, -0.05) is 72.8 Å². The lowest BCUT2D eigenvalue weighted by Crippen LogP contribution is -2.20. The van der Waals surface area contributed by atoms with Gasteiger partial charge in [0.25, 0.3) is 0 Å². The molecule has 0 aliphatic heterocycles. The van der Waals surface area contributed by atoms with Crippen LogP contribution in [0.25, 0.3) is 48.6 Å². The number of hydrogen-bond donors (Lipinski definition) is 0. The first-order chi connectivity index (χ1) is 12.9. The van der Waals surface area contributed by atoms with Gasteiger partial charge in [0.2, 0.25) is 5.52 Å². The zero-order chi connectivity index (χ0) is 17.1. The van der Waals surface area contributed by atoms with Crippen LogP contribution in [0.4, 0.5) is 0 Å². The van der Waals surface area contributed by atoms with Crippen molar-refractivity contribution in [2.75, 3.05) is 0 Å². The molecular formula is C25H16N+. The fourth-order valence-electron chi connectivity index (χ4n) is 4.29. The van der Waals surface area contributed by atoms with Crippen LogP contribution in [0, 0.1) is 0 Å². The summed E-state index contributed by atoms with van der Waals surface area (Å²) in [6, 6.07) is 30.7. The molecule has 120 valence electrons. The molecule has 0 saturated carbocycles. The Morgan fingerprint density at radius 3 is 1.42 bits per heavy atom. The van der Waals surface area contributed by atoms with Crippen molar-refractivity contribution in [3.8, 4) is 0 Å². The van der Waals surface area contributed by atoms with Gasteiger partial charge in [-0.2, -0.15) is 4.40 Å². The van der Waals surface area contributed by atoms with Crippen LogP contribution >= 0.6 is 0 Å². The number of hydrogen-bond acceptors (Lipinski definition) is 0. The predicted molar refractivity (Wildman–Crippen MR) is 110 cm³/mol. The van der Waals surface area contributed by atoms with Gasteiger partial charge >= 0.3 is 0 Å². The highest BCUT2D eigenvalue weighted by Crippen LogP contribution is 2.34. The third kappa shape index (κ3) is 1.77. The molecule has 4 aromatic carbocycles. The van der Waals surface area contributed by atoms with Crippen LogP contribution in [0.15, 0.2) is 97.3 Å². The highest BCUT2D eigenvalue weighted by Gasteiger charge is 2.16. The van der Waals surface area contributed by atoms with E-state index in [2.05, 4.69) is 102 Å². The number of rotatable bonds is 0. The Balaban J connectivity index is 2.03. The van der Waals surface area contributed by atoms with Crippen LogP contribution < -0.4 is 4.40 Å². The Labute approximate surface area is 150 Å². The Hall–Kier alpha value is -3.45. The predicted octanol–water partition coefficient (Wildman–Crippen LogP) is 6.04. The third-order valence-electron chi connectivity index (χ3n) is 5.48. The highest BCUT2D eigenvalue weighted by atomic mass is 14.8. The highest BCUT2D eigenvalue weighted by molar-refractivity contribution is 6.24. The van der Waals surface area contributed by atoms with Crippen molar-refractivity contribution in [2.24, 2.45) is 0 Å². The summed E-state index contributed by atoms with van der Waals surface area (Å²) in [6.45, 7) is 0. The lowest BCUT2D eigenvalue weighted by atomic mass is 9.96. The summed E-state index contributed by atoms with van der Waals surface area (Å²) in [5.41, 5.74) is 1.29. The average Bonchev–Trinajstić information content (AvgIpc) is 2.72. The molecule has 6 rings (SSSR count). The molecule has 1 heteroatoms. The number of fused-ring (bicyclic) bond motifs is 9. The van der Waals surface area contributed by atoms with E-state index in [0.717, 1.165) is 0 Å². The Morgan fingerprint density at radius 1 is 0.423 bits per heavy atom. The first kappa shape index (κ1) is 13.8. The molecule has 0 atom stereocenters. The number of nitrogens with zero attached hydrogens (tertiary/aromatic N) is 1. The normalized spacial score (nSPS) is 11.8. The second-order valence-electron chi connectivity index (χ2n) is 6.89. The van der Waals surface area contributed by atoms with Crippen LogP contribution in [0.2, 0.25) is 0 Å². The maximum absolute atomic E-state index is 2.27. The quantitative estimate of drug-likeness (QED) is 0.236. The fourth-order valence-corrected chi connectivity index (χ4v) is 4.29. The van der Waals surface area contributed by atoms with Crippen molar-refractivity contribution in [2.45, 2.75) is 0 Å². The summed E-state index contributed by atoms with van der Waals surface area (Å²) < 4.78 is 2.27. The maximum atomic E-state index is 2.27. The smallest absolute Gasteiger partial charge is 0.166 e. The summed E-state index contributed by atoms with van der Waals surface area (Å²) in [5, 5.41) is 10.4. The molecule has 2 heterocycles. The van der Waals surface area contributed by atoms with Crippen LogP contribution in [-0.4, -0.2) is 0 Å². The van der Waals surface area contributed by atoms with E-state index in [1.165, 1.54) is 48.6 Å². The molecule has 1 nitrogen and oxygen atoms in total. The summed E-state index contributed by atoms with van der Waals surface area (Å²) in [5.74, 6) is 0. The van der Waals surface area contributed by atoms with Crippen molar-refractivity contribution in [3.63, 3.8) is 0 Å². The van der Waals surface area contributed by atoms with Crippen molar-refractivity contribution < 1.29 is 4.40 Å². The lowest BCUT2D eigenvalue weighted by Gasteiger charge is -2.08. The molecule has 0 fully saturated rings. The minimum Gasteiger partial charge on any atom is -0.166 e. The fraction of sp³-hybridized carbons (Fsp3) is 0. The number of benzene rings is 4. The Kier molecular flexibility index (Phi) is 2.67. The van der Waals surface area contributed by atoms with Crippen molar-refractivity contribution in [3.05, 3.63) is 97.3 Å². The van der Waals surface area contributed by atoms with Crippen molar-refractivity contribution >= 4 is 48.6 Å². The van der Waals surface area contributed by atoms with Gasteiger partial charge in [0, 0.05) is 12.1 Å². The molecular weight excluding hydrogens is 314 g/mol. The monoisotopic (exact) mass is 330 g/mol. The second kappa shape index (κ2) is 5.03. The SMILES string of the molecule is c1ccc2c(c1)ccc1cc[n+]3ccc4ccc5ccccc5c4c3c12. The van der Waals surface area contributed by atoms with E-state index in [1.807, 2.05) is 0 Å². The van der Waals surface area contributed by atoms with Crippen molar-refractivity contribution in [1.29, 1.82) is 0 Å². The van der Waals surface area contributed by atoms with E-state index in [-0.39, 0.29) is 0 Å². The first-order valence-electron chi connectivity index (χ1n) is 8.96. The molecule has 0 spiro atoms. The molecule has 0 radical (unpaired) electrons. The van der Waals surface area contributed by atoms with Crippen LogP contribution in [0.3, 0.4) is 0 Å². The van der Waals surface area contributed by atoms with Crippen LogP contribution in [-0.2, 0) is 0 Å². The largest absolute Gasteiger partial charge is 0.227 e. The second-order valence-corrected chi connectivity index (χ2v) is 6.89. The van der Waals surface area contributed by atoms with Gasteiger partial charge < -0.3 is 0 Å². The van der Waals surface area contributed by atoms with E-state index in [1.54, 1.807) is 0 Å². The molecule has 2 aromatic heterocycles. The van der Waals surface area contributed by atoms with E-state index in [0.29, 0.717) is 0 Å². The molecule has 0 unspecified atom stereocenters. The van der Waals surface area contributed by atoms with E-state index >= 15 is 0 Å². The minimum absolute atomic E-state index is 1.28. The van der Waals surface area contributed by atoms with Gasteiger partial charge in [-0.25, -0.2) is 0 Å². The number of aromatic nitrogens is 1. The van der Waals surface area contributed by atoms with Crippen LogP contribution in [0.5, 0.6) is 0 Å². The van der Waals surface area contributed by atoms with E-state index in [4.69, 9.17) is 0 Å². The molecule has 0 aliphatic rings. The van der Waals surface area contributed by atoms with E-state index in [9.17, 15) is 0 Å². The first-order valence-corrected chi connectivity index (χ1v) is 8.96. The summed E-state index contributed by atoms with van der Waals surface area (Å²) >= 11 is 0. The van der Waals surface area contributed by atoms with Gasteiger partial charge in [-0.3, -0.25) is 0 Å². The van der Waals surface area contributed by atoms with Crippen molar-refractivity contribution in [1.82, 2.24) is 0 Å². The zero-order valence-corrected chi connectivity index (χ0v) is 14.2. The maximum Gasteiger partial charge on any atom is 0.227 e. The number of pyridine rings is 2. The topological polar surface area (TPSA) is 4.10 Å².